The number of rotatable bonds is 4. The van der Waals surface area contributed by atoms with E-state index in [0.717, 1.165) is 0 Å². The second-order valence-electron chi connectivity index (χ2n) is 4.70. The van der Waals surface area contributed by atoms with Crippen molar-refractivity contribution in [2.45, 2.75) is 39.2 Å². The standard InChI is InChI=1S/C11H17ClN4O/c1-6(2)9-14-7(12)5-8(15-9)16-11(3,4)10(13)17/h5-6H,1-4H3,(H2,13,17)(H,14,15,16). The van der Waals surface area contributed by atoms with Crippen molar-refractivity contribution in [2.75, 3.05) is 5.32 Å². The van der Waals surface area contributed by atoms with Crippen molar-refractivity contribution in [1.82, 2.24) is 9.97 Å². The minimum atomic E-state index is -0.883. The highest BCUT2D eigenvalue weighted by molar-refractivity contribution is 6.29. The zero-order valence-electron chi connectivity index (χ0n) is 10.4. The summed E-state index contributed by atoms with van der Waals surface area (Å²) in [5.74, 6) is 0.821. The Bertz CT molecular complexity index is 431. The van der Waals surface area contributed by atoms with E-state index < -0.39 is 11.4 Å². The summed E-state index contributed by atoms with van der Waals surface area (Å²) in [6, 6.07) is 1.57. The molecule has 1 aromatic rings. The summed E-state index contributed by atoms with van der Waals surface area (Å²) in [4.78, 5) is 19.6. The number of nitrogens with one attached hydrogen (secondary N) is 1. The molecule has 0 aliphatic rings. The lowest BCUT2D eigenvalue weighted by Crippen LogP contribution is -2.45. The first-order chi connectivity index (χ1) is 7.72. The first-order valence-electron chi connectivity index (χ1n) is 5.35. The van der Waals surface area contributed by atoms with Crippen LogP contribution in [0.1, 0.15) is 39.4 Å². The molecular formula is C11H17ClN4O. The van der Waals surface area contributed by atoms with Crippen molar-refractivity contribution in [2.24, 2.45) is 5.73 Å². The van der Waals surface area contributed by atoms with Gasteiger partial charge in [0, 0.05) is 12.0 Å². The summed E-state index contributed by atoms with van der Waals surface area (Å²) in [5.41, 5.74) is 4.39. The predicted molar refractivity (Wildman–Crippen MR) is 68.0 cm³/mol. The molecule has 1 aromatic heterocycles. The van der Waals surface area contributed by atoms with Gasteiger partial charge >= 0.3 is 0 Å². The molecule has 1 rings (SSSR count). The molecule has 0 aromatic carbocycles. The molecule has 0 bridgehead atoms. The van der Waals surface area contributed by atoms with Crippen LogP contribution in [0.5, 0.6) is 0 Å². The lowest BCUT2D eigenvalue weighted by atomic mass is 10.1. The van der Waals surface area contributed by atoms with Crippen molar-refractivity contribution in [3.05, 3.63) is 17.0 Å². The highest BCUT2D eigenvalue weighted by atomic mass is 35.5. The minimum absolute atomic E-state index is 0.158. The Balaban J connectivity index is 3.03. The topological polar surface area (TPSA) is 80.9 Å². The number of primary amides is 1. The van der Waals surface area contributed by atoms with E-state index in [1.165, 1.54) is 0 Å². The molecule has 17 heavy (non-hydrogen) atoms. The molecule has 1 heterocycles. The first-order valence-corrected chi connectivity index (χ1v) is 5.72. The normalized spacial score (nSPS) is 11.6. The third-order valence-electron chi connectivity index (χ3n) is 2.29. The molecular weight excluding hydrogens is 240 g/mol. The smallest absolute Gasteiger partial charge is 0.242 e. The number of carbonyl (C=O) groups excluding carboxylic acids is 1. The Labute approximate surface area is 106 Å². The van der Waals surface area contributed by atoms with Gasteiger partial charge in [0.15, 0.2) is 0 Å². The number of hydrogen-bond donors (Lipinski definition) is 2. The fourth-order valence-electron chi connectivity index (χ4n) is 1.14. The van der Waals surface area contributed by atoms with Gasteiger partial charge in [-0.2, -0.15) is 0 Å². The number of nitrogens with zero attached hydrogens (tertiary/aromatic N) is 2. The van der Waals surface area contributed by atoms with Crippen LogP contribution in [0.4, 0.5) is 5.82 Å². The van der Waals surface area contributed by atoms with E-state index in [4.69, 9.17) is 17.3 Å². The summed E-state index contributed by atoms with van der Waals surface area (Å²) in [6.07, 6.45) is 0. The van der Waals surface area contributed by atoms with E-state index in [2.05, 4.69) is 15.3 Å². The number of nitrogens with two attached hydrogens (primary N) is 1. The van der Waals surface area contributed by atoms with Crippen LogP contribution in [0, 0.1) is 0 Å². The molecule has 3 N–H and O–H groups in total. The Morgan fingerprint density at radius 3 is 2.53 bits per heavy atom. The Kier molecular flexibility index (Phi) is 3.93. The van der Waals surface area contributed by atoms with Crippen LogP contribution in [-0.2, 0) is 4.79 Å². The molecule has 0 aliphatic heterocycles. The molecule has 0 saturated carbocycles. The molecule has 0 saturated heterocycles. The Morgan fingerprint density at radius 2 is 2.06 bits per heavy atom. The highest BCUT2D eigenvalue weighted by Crippen LogP contribution is 2.19. The van der Waals surface area contributed by atoms with E-state index in [-0.39, 0.29) is 5.92 Å². The zero-order chi connectivity index (χ0) is 13.2. The van der Waals surface area contributed by atoms with Crippen molar-refractivity contribution in [3.63, 3.8) is 0 Å². The van der Waals surface area contributed by atoms with Gasteiger partial charge in [0.1, 0.15) is 22.3 Å². The number of amides is 1. The van der Waals surface area contributed by atoms with Crippen LogP contribution in [0.25, 0.3) is 0 Å². The lowest BCUT2D eigenvalue weighted by molar-refractivity contribution is -0.121. The van der Waals surface area contributed by atoms with Gasteiger partial charge in [0.25, 0.3) is 0 Å². The van der Waals surface area contributed by atoms with Crippen LogP contribution in [0.2, 0.25) is 5.15 Å². The second kappa shape index (κ2) is 4.87. The summed E-state index contributed by atoms with van der Waals surface area (Å²) < 4.78 is 0. The number of carbonyl (C=O) groups is 1. The number of anilines is 1. The van der Waals surface area contributed by atoms with Crippen LogP contribution in [-0.4, -0.2) is 21.4 Å². The summed E-state index contributed by atoms with van der Waals surface area (Å²) in [7, 11) is 0. The van der Waals surface area contributed by atoms with Crippen LogP contribution >= 0.6 is 11.6 Å². The fraction of sp³-hybridized carbons (Fsp3) is 0.545. The average molecular weight is 257 g/mol. The maximum atomic E-state index is 11.2. The molecule has 0 atom stereocenters. The van der Waals surface area contributed by atoms with Crippen LogP contribution in [0.15, 0.2) is 6.07 Å². The van der Waals surface area contributed by atoms with Gasteiger partial charge in [-0.15, -0.1) is 0 Å². The number of hydrogen-bond acceptors (Lipinski definition) is 4. The van der Waals surface area contributed by atoms with E-state index in [9.17, 15) is 4.79 Å². The quantitative estimate of drug-likeness (QED) is 0.807. The monoisotopic (exact) mass is 256 g/mol. The summed E-state index contributed by atoms with van der Waals surface area (Å²) in [5, 5.41) is 3.28. The van der Waals surface area contributed by atoms with Crippen molar-refractivity contribution >= 4 is 23.3 Å². The van der Waals surface area contributed by atoms with Crippen molar-refractivity contribution < 1.29 is 4.79 Å². The number of aromatic nitrogens is 2. The second-order valence-corrected chi connectivity index (χ2v) is 5.09. The molecule has 0 fully saturated rings. The largest absolute Gasteiger partial charge is 0.368 e. The van der Waals surface area contributed by atoms with Gasteiger partial charge in [-0.3, -0.25) is 4.79 Å². The summed E-state index contributed by atoms with van der Waals surface area (Å²) in [6.45, 7) is 7.30. The summed E-state index contributed by atoms with van der Waals surface area (Å²) >= 11 is 5.90. The highest BCUT2D eigenvalue weighted by Gasteiger charge is 2.25. The first kappa shape index (κ1) is 13.7. The van der Waals surface area contributed by atoms with Gasteiger partial charge in [-0.25, -0.2) is 9.97 Å². The molecule has 1 amide bonds. The lowest BCUT2D eigenvalue weighted by Gasteiger charge is -2.23. The van der Waals surface area contributed by atoms with Crippen LogP contribution in [0.3, 0.4) is 0 Å². The van der Waals surface area contributed by atoms with Gasteiger partial charge < -0.3 is 11.1 Å². The molecule has 0 unspecified atom stereocenters. The third kappa shape index (κ3) is 3.56. The SMILES string of the molecule is CC(C)c1nc(Cl)cc(NC(C)(C)C(N)=O)n1. The minimum Gasteiger partial charge on any atom is -0.368 e. The zero-order valence-corrected chi connectivity index (χ0v) is 11.2. The maximum absolute atomic E-state index is 11.2. The van der Waals surface area contributed by atoms with Crippen molar-refractivity contribution in [3.8, 4) is 0 Å². The number of halogens is 1. The van der Waals surface area contributed by atoms with Gasteiger partial charge in [-0.1, -0.05) is 25.4 Å². The maximum Gasteiger partial charge on any atom is 0.242 e. The predicted octanol–water partition coefficient (Wildman–Crippen LogP) is 1.93. The fourth-order valence-corrected chi connectivity index (χ4v) is 1.33. The molecule has 0 spiro atoms. The van der Waals surface area contributed by atoms with E-state index in [1.54, 1.807) is 19.9 Å². The Morgan fingerprint density at radius 1 is 1.47 bits per heavy atom. The van der Waals surface area contributed by atoms with Gasteiger partial charge in [-0.05, 0) is 13.8 Å². The van der Waals surface area contributed by atoms with Gasteiger partial charge in [0.05, 0.1) is 0 Å². The van der Waals surface area contributed by atoms with Crippen LogP contribution < -0.4 is 11.1 Å². The molecule has 5 nitrogen and oxygen atoms in total. The van der Waals surface area contributed by atoms with Gasteiger partial charge in [0.2, 0.25) is 5.91 Å². The van der Waals surface area contributed by atoms with E-state index >= 15 is 0 Å². The van der Waals surface area contributed by atoms with E-state index in [0.29, 0.717) is 16.8 Å². The third-order valence-corrected chi connectivity index (χ3v) is 2.48. The molecule has 0 radical (unpaired) electrons. The molecule has 94 valence electrons. The Hall–Kier alpha value is -1.36. The van der Waals surface area contributed by atoms with Crippen molar-refractivity contribution in [1.29, 1.82) is 0 Å². The molecule has 0 aliphatic carbocycles. The molecule has 6 heteroatoms. The van der Waals surface area contributed by atoms with E-state index in [1.807, 2.05) is 13.8 Å². The average Bonchev–Trinajstić information content (AvgIpc) is 2.15.